The van der Waals surface area contributed by atoms with Crippen LogP contribution in [-0.2, 0) is 11.3 Å². The molecule has 0 aliphatic carbocycles. The molecule has 146 valence electrons. The number of hydrogen-bond donors (Lipinski definition) is 0. The Hall–Kier alpha value is -2.67. The van der Waals surface area contributed by atoms with Gasteiger partial charge in [-0.25, -0.2) is 4.98 Å². The third-order valence-electron chi connectivity index (χ3n) is 5.57. The number of benzene rings is 1. The molecule has 2 aromatic heterocycles. The third-order valence-corrected chi connectivity index (χ3v) is 6.39. The summed E-state index contributed by atoms with van der Waals surface area (Å²) in [5.41, 5.74) is 3.78. The van der Waals surface area contributed by atoms with Gasteiger partial charge >= 0.3 is 0 Å². The fraction of sp³-hybridized carbons (Fsp3) is 0.381. The third kappa shape index (κ3) is 3.54. The minimum absolute atomic E-state index is 0.0706. The summed E-state index contributed by atoms with van der Waals surface area (Å²) in [6.45, 7) is 7.73. The van der Waals surface area contributed by atoms with Crippen molar-refractivity contribution in [2.75, 3.05) is 31.1 Å². The lowest BCUT2D eigenvalue weighted by molar-refractivity contribution is -0.131. The first-order chi connectivity index (χ1) is 13.5. The lowest BCUT2D eigenvalue weighted by Gasteiger charge is -2.37. The minimum atomic E-state index is -0.0706. The molecule has 0 bridgehead atoms. The average molecular weight is 397 g/mol. The molecule has 1 aliphatic rings. The van der Waals surface area contributed by atoms with Crippen LogP contribution >= 0.6 is 11.3 Å². The van der Waals surface area contributed by atoms with Crippen molar-refractivity contribution < 1.29 is 4.79 Å². The number of anilines is 1. The Morgan fingerprint density at radius 3 is 2.71 bits per heavy atom. The number of thiophene rings is 1. The summed E-state index contributed by atoms with van der Waals surface area (Å²) >= 11 is 1.45. The van der Waals surface area contributed by atoms with Crippen molar-refractivity contribution >= 4 is 33.1 Å². The average Bonchev–Trinajstić information content (AvgIpc) is 3.19. The monoisotopic (exact) mass is 396 g/mol. The second kappa shape index (κ2) is 7.75. The molecule has 0 unspecified atom stereocenters. The first-order valence-corrected chi connectivity index (χ1v) is 10.4. The van der Waals surface area contributed by atoms with Crippen LogP contribution in [0.15, 0.2) is 40.8 Å². The summed E-state index contributed by atoms with van der Waals surface area (Å²) in [6.07, 6.45) is 1.87. The smallest absolute Gasteiger partial charge is 0.262 e. The van der Waals surface area contributed by atoms with E-state index in [0.717, 1.165) is 17.9 Å². The molecule has 28 heavy (non-hydrogen) atoms. The molecule has 0 saturated carbocycles. The zero-order chi connectivity index (χ0) is 19.7. The van der Waals surface area contributed by atoms with E-state index in [9.17, 15) is 9.59 Å². The van der Waals surface area contributed by atoms with Crippen LogP contribution in [0.1, 0.15) is 17.5 Å². The van der Waals surface area contributed by atoms with E-state index in [4.69, 9.17) is 0 Å². The maximum absolute atomic E-state index is 12.6. The lowest BCUT2D eigenvalue weighted by atomic mass is 10.1. The lowest BCUT2D eigenvalue weighted by Crippen LogP contribution is -2.49. The molecule has 3 aromatic rings. The summed E-state index contributed by atoms with van der Waals surface area (Å²) in [5, 5.41) is 2.49. The molecule has 1 saturated heterocycles. The van der Waals surface area contributed by atoms with Crippen LogP contribution < -0.4 is 10.5 Å². The van der Waals surface area contributed by atoms with Gasteiger partial charge in [-0.05, 0) is 42.5 Å². The summed E-state index contributed by atoms with van der Waals surface area (Å²) in [7, 11) is 0. The standard InChI is InChI=1S/C21H24N4O2S/c1-15-4-3-5-18(16(15)2)23-9-11-24(12-10-23)19(26)6-8-25-14-22-20-17(21(25)27)7-13-28-20/h3-5,7,13-14H,6,8-12H2,1-2H3. The molecule has 1 aromatic carbocycles. The second-order valence-corrected chi connectivity index (χ2v) is 8.11. The maximum Gasteiger partial charge on any atom is 0.262 e. The van der Waals surface area contributed by atoms with Crippen LogP contribution in [0.25, 0.3) is 10.2 Å². The molecule has 0 spiro atoms. The van der Waals surface area contributed by atoms with E-state index in [1.165, 1.54) is 28.2 Å². The molecule has 6 nitrogen and oxygen atoms in total. The Morgan fingerprint density at radius 2 is 1.93 bits per heavy atom. The highest BCUT2D eigenvalue weighted by atomic mass is 32.1. The number of rotatable bonds is 4. The number of aryl methyl sites for hydroxylation is 2. The number of fused-ring (bicyclic) bond motifs is 1. The van der Waals surface area contributed by atoms with E-state index >= 15 is 0 Å². The summed E-state index contributed by atoms with van der Waals surface area (Å²) in [4.78, 5) is 34.4. The van der Waals surface area contributed by atoms with E-state index in [1.54, 1.807) is 17.0 Å². The summed E-state index contributed by atoms with van der Waals surface area (Å²) < 4.78 is 1.54. The SMILES string of the molecule is Cc1cccc(N2CCN(C(=O)CCn3cnc4sccc4c3=O)CC2)c1C. The number of nitrogens with zero attached hydrogens (tertiary/aromatic N) is 4. The Balaban J connectivity index is 1.35. The van der Waals surface area contributed by atoms with Gasteiger partial charge in [0.05, 0.1) is 11.7 Å². The molecular formula is C21H24N4O2S. The highest BCUT2D eigenvalue weighted by Crippen LogP contribution is 2.24. The molecule has 7 heteroatoms. The molecule has 0 atom stereocenters. The molecular weight excluding hydrogens is 372 g/mol. The van der Waals surface area contributed by atoms with Gasteiger partial charge in [0.25, 0.3) is 5.56 Å². The molecule has 0 radical (unpaired) electrons. The second-order valence-electron chi connectivity index (χ2n) is 7.22. The summed E-state index contributed by atoms with van der Waals surface area (Å²) in [5.74, 6) is 0.0953. The minimum Gasteiger partial charge on any atom is -0.368 e. The van der Waals surface area contributed by atoms with Crippen LogP contribution in [0, 0.1) is 13.8 Å². The zero-order valence-electron chi connectivity index (χ0n) is 16.2. The van der Waals surface area contributed by atoms with E-state index < -0.39 is 0 Å². The van der Waals surface area contributed by atoms with E-state index in [2.05, 4.69) is 41.9 Å². The number of carbonyl (C=O) groups is 1. The topological polar surface area (TPSA) is 58.4 Å². The van der Waals surface area contributed by atoms with Crippen LogP contribution in [-0.4, -0.2) is 46.5 Å². The van der Waals surface area contributed by atoms with Crippen molar-refractivity contribution in [1.82, 2.24) is 14.5 Å². The van der Waals surface area contributed by atoms with Gasteiger partial charge in [-0.3, -0.25) is 14.2 Å². The van der Waals surface area contributed by atoms with Gasteiger partial charge in [0, 0.05) is 44.8 Å². The number of hydrogen-bond acceptors (Lipinski definition) is 5. The first kappa shape index (κ1) is 18.7. The molecule has 1 fully saturated rings. The Kier molecular flexibility index (Phi) is 5.17. The Labute approximate surface area is 168 Å². The van der Waals surface area contributed by atoms with Gasteiger partial charge < -0.3 is 9.80 Å². The molecule has 3 heterocycles. The van der Waals surface area contributed by atoms with Crippen LogP contribution in [0.5, 0.6) is 0 Å². The molecule has 4 rings (SSSR count). The fourth-order valence-corrected chi connectivity index (χ4v) is 4.43. The predicted molar refractivity (Wildman–Crippen MR) is 113 cm³/mol. The zero-order valence-corrected chi connectivity index (χ0v) is 17.0. The number of amides is 1. The highest BCUT2D eigenvalue weighted by molar-refractivity contribution is 7.16. The number of carbonyl (C=O) groups excluding carboxylic acids is 1. The molecule has 1 amide bonds. The van der Waals surface area contributed by atoms with Crippen molar-refractivity contribution in [1.29, 1.82) is 0 Å². The highest BCUT2D eigenvalue weighted by Gasteiger charge is 2.22. The van der Waals surface area contributed by atoms with E-state index in [-0.39, 0.29) is 11.5 Å². The van der Waals surface area contributed by atoms with Crippen molar-refractivity contribution in [2.45, 2.75) is 26.8 Å². The normalized spacial score (nSPS) is 14.6. The van der Waals surface area contributed by atoms with Crippen molar-refractivity contribution in [2.24, 2.45) is 0 Å². The maximum atomic E-state index is 12.6. The first-order valence-electron chi connectivity index (χ1n) is 9.56. The number of aromatic nitrogens is 2. The summed E-state index contributed by atoms with van der Waals surface area (Å²) in [6, 6.07) is 8.16. The van der Waals surface area contributed by atoms with Gasteiger partial charge in [0.1, 0.15) is 4.83 Å². The van der Waals surface area contributed by atoms with Crippen LogP contribution in [0.3, 0.4) is 0 Å². The van der Waals surface area contributed by atoms with Gasteiger partial charge in [0.2, 0.25) is 5.91 Å². The molecule has 0 N–H and O–H groups in total. The predicted octanol–water partition coefficient (Wildman–Crippen LogP) is 2.81. The number of piperazine rings is 1. The fourth-order valence-electron chi connectivity index (χ4n) is 3.70. The van der Waals surface area contributed by atoms with Crippen LogP contribution in [0.2, 0.25) is 0 Å². The largest absolute Gasteiger partial charge is 0.368 e. The van der Waals surface area contributed by atoms with Gasteiger partial charge in [-0.15, -0.1) is 11.3 Å². The van der Waals surface area contributed by atoms with E-state index in [1.807, 2.05) is 10.3 Å². The van der Waals surface area contributed by atoms with Crippen LogP contribution in [0.4, 0.5) is 5.69 Å². The van der Waals surface area contributed by atoms with Gasteiger partial charge in [-0.2, -0.15) is 0 Å². The Bertz CT molecular complexity index is 1060. The van der Waals surface area contributed by atoms with Gasteiger partial charge in [-0.1, -0.05) is 12.1 Å². The van der Waals surface area contributed by atoms with E-state index in [0.29, 0.717) is 31.4 Å². The van der Waals surface area contributed by atoms with Crippen molar-refractivity contribution in [3.63, 3.8) is 0 Å². The Morgan fingerprint density at radius 1 is 1.14 bits per heavy atom. The van der Waals surface area contributed by atoms with Crippen molar-refractivity contribution in [3.8, 4) is 0 Å². The van der Waals surface area contributed by atoms with Gasteiger partial charge in [0.15, 0.2) is 0 Å². The van der Waals surface area contributed by atoms with Crippen molar-refractivity contribution in [3.05, 3.63) is 57.5 Å². The molecule has 1 aliphatic heterocycles. The quantitative estimate of drug-likeness (QED) is 0.680.